The van der Waals surface area contributed by atoms with Crippen molar-refractivity contribution >= 4 is 15.9 Å². The highest BCUT2D eigenvalue weighted by Crippen LogP contribution is 2.53. The summed E-state index contributed by atoms with van der Waals surface area (Å²) in [4.78, 5) is 11.1. The van der Waals surface area contributed by atoms with Crippen molar-refractivity contribution in [3.8, 4) is 0 Å². The molecule has 0 radical (unpaired) electrons. The highest BCUT2D eigenvalue weighted by molar-refractivity contribution is 8.33. The lowest BCUT2D eigenvalue weighted by atomic mass is 10.2. The average molecular weight is 231 g/mol. The van der Waals surface area contributed by atoms with Gasteiger partial charge in [0, 0.05) is 12.5 Å². The predicted octanol–water partition coefficient (Wildman–Crippen LogP) is 2.52. The molecule has 1 N–H and O–H groups in total. The lowest BCUT2D eigenvalue weighted by Gasteiger charge is -2.45. The van der Waals surface area contributed by atoms with Crippen molar-refractivity contribution in [3.05, 3.63) is 0 Å². The number of amides is 1. The fourth-order valence-electron chi connectivity index (χ4n) is 1.64. The Morgan fingerprint density at radius 3 is 2.40 bits per heavy atom. The van der Waals surface area contributed by atoms with Gasteiger partial charge in [0.25, 0.3) is 0 Å². The summed E-state index contributed by atoms with van der Waals surface area (Å²) in [7, 11) is -0.554. The molecule has 1 heterocycles. The smallest absolute Gasteiger partial charge is 0.220 e. The Hall–Kier alpha value is -0.180. The second-order valence-electron chi connectivity index (χ2n) is 5.95. The van der Waals surface area contributed by atoms with E-state index in [2.05, 4.69) is 38.6 Å². The van der Waals surface area contributed by atoms with Gasteiger partial charge in [-0.05, 0) is 35.9 Å². The molecule has 90 valence electrons. The minimum absolute atomic E-state index is 0.239. The molecule has 1 fully saturated rings. The lowest BCUT2D eigenvalue weighted by molar-refractivity contribution is -0.119. The Bertz CT molecular complexity index is 242. The van der Waals surface area contributed by atoms with Crippen LogP contribution in [0.25, 0.3) is 0 Å². The summed E-state index contributed by atoms with van der Waals surface area (Å²) in [6, 6.07) is 0.451. The van der Waals surface area contributed by atoms with E-state index in [9.17, 15) is 4.79 Å². The summed E-state index contributed by atoms with van der Waals surface area (Å²) < 4.78 is 0.412. The molecule has 0 spiro atoms. The molecule has 1 rings (SSSR count). The van der Waals surface area contributed by atoms with E-state index >= 15 is 0 Å². The number of nitrogens with one attached hydrogen (secondary N) is 1. The van der Waals surface area contributed by atoms with Crippen molar-refractivity contribution < 1.29 is 4.79 Å². The molecule has 1 unspecified atom stereocenters. The van der Waals surface area contributed by atoms with Crippen molar-refractivity contribution in [2.45, 2.75) is 50.8 Å². The molecule has 0 bridgehead atoms. The highest BCUT2D eigenvalue weighted by Gasteiger charge is 2.29. The van der Waals surface area contributed by atoms with Crippen molar-refractivity contribution in [2.24, 2.45) is 0 Å². The number of carbonyl (C=O) groups excluding carboxylic acids is 1. The monoisotopic (exact) mass is 231 g/mol. The Kier molecular flexibility index (Phi) is 3.75. The summed E-state index contributed by atoms with van der Waals surface area (Å²) in [6.45, 7) is 6.99. The Morgan fingerprint density at radius 2 is 2.00 bits per heavy atom. The van der Waals surface area contributed by atoms with Crippen LogP contribution in [0.3, 0.4) is 0 Å². The van der Waals surface area contributed by atoms with Gasteiger partial charge in [-0.1, -0.05) is 20.8 Å². The number of rotatable bonds is 3. The van der Waals surface area contributed by atoms with Gasteiger partial charge in [0.15, 0.2) is 0 Å². The maximum Gasteiger partial charge on any atom is 0.220 e. The van der Waals surface area contributed by atoms with Crippen LogP contribution in [-0.2, 0) is 4.79 Å². The molecule has 1 amide bonds. The molecule has 1 atom stereocenters. The summed E-state index contributed by atoms with van der Waals surface area (Å²) >= 11 is 0. The van der Waals surface area contributed by atoms with Crippen LogP contribution in [0.1, 0.15) is 40.0 Å². The van der Waals surface area contributed by atoms with E-state index in [1.807, 2.05) is 0 Å². The zero-order chi connectivity index (χ0) is 11.7. The van der Waals surface area contributed by atoms with Gasteiger partial charge in [-0.25, -0.2) is 10.0 Å². The zero-order valence-corrected chi connectivity index (χ0v) is 11.5. The van der Waals surface area contributed by atoms with Crippen molar-refractivity contribution in [1.82, 2.24) is 5.32 Å². The third-order valence-corrected chi connectivity index (χ3v) is 8.29. The summed E-state index contributed by atoms with van der Waals surface area (Å²) in [5.41, 5.74) is 0. The standard InChI is InChI=1S/C12H25NOS/c1-12(2,3)15(4,5)9-8-10-6-7-11(14)13-10/h10H,6-9H2,1-5H3,(H,13,14). The van der Waals surface area contributed by atoms with Crippen LogP contribution in [-0.4, -0.2) is 35.0 Å². The van der Waals surface area contributed by atoms with E-state index in [4.69, 9.17) is 0 Å². The number of hydrogen-bond acceptors (Lipinski definition) is 1. The van der Waals surface area contributed by atoms with E-state index in [0.29, 0.717) is 10.8 Å². The van der Waals surface area contributed by atoms with Crippen LogP contribution >= 0.6 is 10.0 Å². The predicted molar refractivity (Wildman–Crippen MR) is 69.8 cm³/mol. The molecule has 1 saturated heterocycles. The molecular formula is C12H25NOS. The minimum Gasteiger partial charge on any atom is -0.353 e. The van der Waals surface area contributed by atoms with Gasteiger partial charge in [-0.3, -0.25) is 4.79 Å². The Balaban J connectivity index is 2.40. The summed E-state index contributed by atoms with van der Waals surface area (Å²) in [5.74, 6) is 1.50. The van der Waals surface area contributed by atoms with Crippen LogP contribution in [0.2, 0.25) is 0 Å². The number of hydrogen-bond donors (Lipinski definition) is 1. The van der Waals surface area contributed by atoms with Crippen molar-refractivity contribution in [1.29, 1.82) is 0 Å². The topological polar surface area (TPSA) is 29.1 Å². The molecule has 1 aliphatic rings. The minimum atomic E-state index is -0.554. The molecule has 3 heteroatoms. The molecule has 0 aromatic heterocycles. The lowest BCUT2D eigenvalue weighted by Crippen LogP contribution is -2.31. The van der Waals surface area contributed by atoms with Gasteiger partial charge in [-0.15, -0.1) is 0 Å². The van der Waals surface area contributed by atoms with E-state index in [1.165, 1.54) is 5.75 Å². The summed E-state index contributed by atoms with van der Waals surface area (Å²) in [6.07, 6.45) is 7.74. The number of carbonyl (C=O) groups is 1. The summed E-state index contributed by atoms with van der Waals surface area (Å²) in [5, 5.41) is 3.05. The van der Waals surface area contributed by atoms with E-state index < -0.39 is 10.0 Å². The zero-order valence-electron chi connectivity index (χ0n) is 10.7. The molecule has 0 aromatic carbocycles. The molecule has 0 aromatic rings. The maximum atomic E-state index is 11.1. The Morgan fingerprint density at radius 1 is 1.40 bits per heavy atom. The van der Waals surface area contributed by atoms with Crippen LogP contribution in [0.5, 0.6) is 0 Å². The second-order valence-corrected chi connectivity index (χ2v) is 10.7. The third-order valence-electron chi connectivity index (χ3n) is 3.72. The van der Waals surface area contributed by atoms with Crippen molar-refractivity contribution in [2.75, 3.05) is 18.3 Å². The molecule has 1 aliphatic heterocycles. The van der Waals surface area contributed by atoms with Crippen LogP contribution in [0, 0.1) is 0 Å². The molecule has 15 heavy (non-hydrogen) atoms. The van der Waals surface area contributed by atoms with Gasteiger partial charge in [0.1, 0.15) is 0 Å². The van der Waals surface area contributed by atoms with Gasteiger partial charge in [0.2, 0.25) is 5.91 Å². The first-order chi connectivity index (χ1) is 6.72. The quantitative estimate of drug-likeness (QED) is 0.794. The van der Waals surface area contributed by atoms with E-state index in [0.717, 1.165) is 19.3 Å². The fourth-order valence-corrected chi connectivity index (χ4v) is 3.12. The largest absolute Gasteiger partial charge is 0.353 e. The van der Waals surface area contributed by atoms with Crippen LogP contribution < -0.4 is 5.32 Å². The van der Waals surface area contributed by atoms with Gasteiger partial charge < -0.3 is 5.32 Å². The molecule has 0 aliphatic carbocycles. The SMILES string of the molecule is CC(C)(C)S(C)(C)CCC1CCC(=O)N1. The highest BCUT2D eigenvalue weighted by atomic mass is 32.3. The molecule has 0 saturated carbocycles. The van der Waals surface area contributed by atoms with Gasteiger partial charge in [-0.2, -0.15) is 0 Å². The first-order valence-corrected chi connectivity index (χ1v) is 8.34. The normalized spacial score (nSPS) is 24.1. The fraction of sp³-hybridized carbons (Fsp3) is 0.917. The van der Waals surface area contributed by atoms with Gasteiger partial charge in [0.05, 0.1) is 0 Å². The third kappa shape index (κ3) is 3.40. The second kappa shape index (κ2) is 4.36. The first-order valence-electron chi connectivity index (χ1n) is 5.72. The Labute approximate surface area is 95.5 Å². The van der Waals surface area contributed by atoms with Crippen molar-refractivity contribution in [3.63, 3.8) is 0 Å². The van der Waals surface area contributed by atoms with Gasteiger partial charge >= 0.3 is 0 Å². The molecule has 2 nitrogen and oxygen atoms in total. The van der Waals surface area contributed by atoms with E-state index in [1.54, 1.807) is 0 Å². The van der Waals surface area contributed by atoms with E-state index in [-0.39, 0.29) is 5.91 Å². The maximum absolute atomic E-state index is 11.1. The average Bonchev–Trinajstić information content (AvgIpc) is 2.46. The van der Waals surface area contributed by atoms with Crippen LogP contribution in [0.4, 0.5) is 0 Å². The first kappa shape index (κ1) is 12.9. The molecular weight excluding hydrogens is 206 g/mol. The van der Waals surface area contributed by atoms with Crippen LogP contribution in [0.15, 0.2) is 0 Å².